The topological polar surface area (TPSA) is 143 Å². The van der Waals surface area contributed by atoms with Crippen molar-refractivity contribution in [2.75, 3.05) is 17.3 Å². The number of halogens is 1. The van der Waals surface area contributed by atoms with E-state index in [4.69, 9.17) is 21.1 Å². The number of anilines is 2. The maximum Gasteiger partial charge on any atom is 0.261 e. The van der Waals surface area contributed by atoms with E-state index in [-0.39, 0.29) is 60.7 Å². The van der Waals surface area contributed by atoms with Crippen LogP contribution in [0.15, 0.2) is 59.6 Å². The van der Waals surface area contributed by atoms with E-state index in [2.05, 4.69) is 15.6 Å². The highest BCUT2D eigenvalue weighted by Gasteiger charge is 2.36. The average Bonchev–Trinajstić information content (AvgIpc) is 3.43. The Balaban J connectivity index is 1.21. The minimum atomic E-state index is -0.744. The van der Waals surface area contributed by atoms with Gasteiger partial charge in [-0.3, -0.25) is 29.1 Å². The van der Waals surface area contributed by atoms with E-state index in [0.29, 0.717) is 54.1 Å². The maximum absolute atomic E-state index is 13.7. The number of hydrogen-bond donors (Lipinski definition) is 2. The van der Waals surface area contributed by atoms with Crippen molar-refractivity contribution < 1.29 is 33.4 Å². The number of nitrogens with zero attached hydrogens (tertiary/aromatic N) is 2. The summed E-state index contributed by atoms with van der Waals surface area (Å²) in [5.74, 6) is -0.664. The number of hydrogen-bond acceptors (Lipinski definition) is 8. The molecular formula is C39H43ClN4O7. The van der Waals surface area contributed by atoms with Crippen LogP contribution in [0.2, 0.25) is 0 Å². The normalized spacial score (nSPS) is 15.5. The Morgan fingerprint density at radius 1 is 1.00 bits per heavy atom. The Kier molecular flexibility index (Phi) is 12.3. The third-order valence-corrected chi connectivity index (χ3v) is 9.30. The molecular weight excluding hydrogens is 672 g/mol. The molecule has 2 aliphatic heterocycles. The molecule has 3 aromatic rings. The number of nitrogens with one attached hydrogen (secondary N) is 2. The fraction of sp³-hybridized carbons (Fsp3) is 0.385. The number of Topliss-reactive ketones (excluding diaryl/α,β-unsaturated/α-hetero) is 2. The summed E-state index contributed by atoms with van der Waals surface area (Å²) in [7, 11) is 1.51. The van der Waals surface area contributed by atoms with Gasteiger partial charge in [0.2, 0.25) is 11.8 Å². The van der Waals surface area contributed by atoms with Crippen LogP contribution in [0.3, 0.4) is 0 Å². The molecule has 0 fully saturated rings. The fourth-order valence-corrected chi connectivity index (χ4v) is 6.39. The second kappa shape index (κ2) is 16.8. The molecule has 11 nitrogen and oxygen atoms in total. The van der Waals surface area contributed by atoms with E-state index >= 15 is 0 Å². The second-order valence-corrected chi connectivity index (χ2v) is 13.4. The summed E-state index contributed by atoms with van der Waals surface area (Å²) in [5.41, 5.74) is 4.83. The molecule has 0 radical (unpaired) electrons. The molecule has 0 spiro atoms. The number of rotatable bonds is 16. The number of amides is 3. The molecule has 3 aromatic carbocycles. The Morgan fingerprint density at radius 3 is 2.49 bits per heavy atom. The predicted octanol–water partition coefficient (Wildman–Crippen LogP) is 6.49. The van der Waals surface area contributed by atoms with Crippen molar-refractivity contribution in [3.63, 3.8) is 0 Å². The summed E-state index contributed by atoms with van der Waals surface area (Å²) < 4.78 is 11.8. The van der Waals surface area contributed by atoms with Crippen LogP contribution in [0.25, 0.3) is 0 Å². The molecule has 0 saturated carbocycles. The fourth-order valence-electron chi connectivity index (χ4n) is 6.24. The number of fused-ring (bicyclic) bond motifs is 4. The first kappa shape index (κ1) is 37.2. The third kappa shape index (κ3) is 9.21. The van der Waals surface area contributed by atoms with E-state index in [1.165, 1.54) is 14.0 Å². The largest absolute Gasteiger partial charge is 0.493 e. The second-order valence-electron chi connectivity index (χ2n) is 13.1. The molecule has 3 amide bonds. The molecule has 51 heavy (non-hydrogen) atoms. The number of carbonyl (C=O) groups is 5. The Labute approximate surface area is 302 Å². The van der Waals surface area contributed by atoms with Crippen molar-refractivity contribution in [3.05, 3.63) is 76.9 Å². The zero-order valence-electron chi connectivity index (χ0n) is 29.3. The van der Waals surface area contributed by atoms with E-state index < -0.39 is 12.0 Å². The molecule has 0 aromatic heterocycles. The summed E-state index contributed by atoms with van der Waals surface area (Å²) in [6, 6.07) is 15.7. The van der Waals surface area contributed by atoms with Crippen LogP contribution in [0.1, 0.15) is 79.9 Å². The molecule has 0 bridgehead atoms. The van der Waals surface area contributed by atoms with Crippen LogP contribution in [-0.4, -0.2) is 54.7 Å². The summed E-state index contributed by atoms with van der Waals surface area (Å²) >= 11 is 6.19. The van der Waals surface area contributed by atoms with Crippen molar-refractivity contribution in [2.45, 2.75) is 83.9 Å². The number of para-hydroxylation sites is 1. The van der Waals surface area contributed by atoms with Gasteiger partial charge in [-0.25, -0.2) is 0 Å². The summed E-state index contributed by atoms with van der Waals surface area (Å²) in [5, 5.41) is 5.56. The lowest BCUT2D eigenvalue weighted by Crippen LogP contribution is -2.39. The predicted molar refractivity (Wildman–Crippen MR) is 196 cm³/mol. The molecule has 2 N–H and O–H groups in total. The van der Waals surface area contributed by atoms with Gasteiger partial charge >= 0.3 is 0 Å². The van der Waals surface area contributed by atoms with Crippen LogP contribution in [0.4, 0.5) is 17.1 Å². The molecule has 3 atom stereocenters. The number of aliphatic imine (C=N–C) groups is 1. The molecule has 2 heterocycles. The minimum Gasteiger partial charge on any atom is -0.493 e. The van der Waals surface area contributed by atoms with Crippen molar-refractivity contribution in [1.82, 2.24) is 5.32 Å². The Hall–Kier alpha value is -5.03. The first-order chi connectivity index (χ1) is 24.5. The molecule has 0 aliphatic carbocycles. The summed E-state index contributed by atoms with van der Waals surface area (Å²) in [4.78, 5) is 69.4. The van der Waals surface area contributed by atoms with Gasteiger partial charge in [0.15, 0.2) is 17.3 Å². The Morgan fingerprint density at radius 2 is 1.75 bits per heavy atom. The van der Waals surface area contributed by atoms with Gasteiger partial charge in [-0.15, -0.1) is 11.6 Å². The van der Waals surface area contributed by atoms with Gasteiger partial charge in [-0.1, -0.05) is 31.2 Å². The summed E-state index contributed by atoms with van der Waals surface area (Å²) in [6.45, 7) is 4.86. The lowest BCUT2D eigenvalue weighted by atomic mass is 9.99. The van der Waals surface area contributed by atoms with E-state index in [9.17, 15) is 24.0 Å². The van der Waals surface area contributed by atoms with E-state index in [0.717, 1.165) is 22.4 Å². The molecule has 268 valence electrons. The van der Waals surface area contributed by atoms with Gasteiger partial charge in [-0.05, 0) is 67.6 Å². The first-order valence-corrected chi connectivity index (χ1v) is 17.6. The summed E-state index contributed by atoms with van der Waals surface area (Å²) in [6.07, 6.45) is 4.26. The van der Waals surface area contributed by atoms with Gasteiger partial charge in [0.25, 0.3) is 5.91 Å². The standard InChI is InChI=1S/C39H43ClN4O7/c1-23(13-34(46)25(3)42-37(47)12-8-5-9-24(2)45)38(48)43-29-15-26(20-40)14-27(16-29)22-51-36-19-32-31(18-35(36)50-4)39(49)44-30(21-41-32)17-28-10-6-7-11-33(28)44/h6-7,10-11,14-16,18-19,21,23,25,30H,5,8-9,12-13,17,20,22H2,1-4H3,(H,42,47)(H,43,48)/t23?,25?,30-/m0/s1. The van der Waals surface area contributed by atoms with Gasteiger partial charge in [0.1, 0.15) is 12.4 Å². The lowest BCUT2D eigenvalue weighted by molar-refractivity contribution is -0.129. The first-order valence-electron chi connectivity index (χ1n) is 17.1. The average molecular weight is 715 g/mol. The van der Waals surface area contributed by atoms with Gasteiger partial charge < -0.3 is 24.9 Å². The van der Waals surface area contributed by atoms with Crippen molar-refractivity contribution in [1.29, 1.82) is 0 Å². The number of ketones is 2. The molecule has 2 aliphatic rings. The quantitative estimate of drug-likeness (QED) is 0.128. The third-order valence-electron chi connectivity index (χ3n) is 9.00. The number of alkyl halides is 1. The van der Waals surface area contributed by atoms with E-state index in [1.54, 1.807) is 49.2 Å². The van der Waals surface area contributed by atoms with Crippen LogP contribution in [-0.2, 0) is 38.1 Å². The SMILES string of the molecule is COc1cc2c(cc1OCc1cc(CCl)cc(NC(=O)C(C)CC(=O)C(C)NC(=O)CCCCC(C)=O)c1)N=C[C@@H]1Cc3ccccc3N1C2=O. The molecule has 2 unspecified atom stereocenters. The minimum absolute atomic E-state index is 0.0586. The van der Waals surface area contributed by atoms with Crippen molar-refractivity contribution >= 4 is 64.2 Å². The zero-order chi connectivity index (χ0) is 36.7. The zero-order valence-corrected chi connectivity index (χ0v) is 30.0. The lowest BCUT2D eigenvalue weighted by Gasteiger charge is -2.22. The highest BCUT2D eigenvalue weighted by atomic mass is 35.5. The molecule has 0 saturated heterocycles. The van der Waals surface area contributed by atoms with Crippen LogP contribution < -0.4 is 25.0 Å². The highest BCUT2D eigenvalue weighted by molar-refractivity contribution is 6.17. The number of carbonyl (C=O) groups excluding carboxylic acids is 5. The van der Waals surface area contributed by atoms with Crippen molar-refractivity contribution in [2.24, 2.45) is 10.9 Å². The van der Waals surface area contributed by atoms with Gasteiger partial charge in [0.05, 0.1) is 30.4 Å². The van der Waals surface area contributed by atoms with Crippen molar-refractivity contribution in [3.8, 4) is 11.5 Å². The van der Waals surface area contributed by atoms with Crippen LogP contribution in [0.5, 0.6) is 11.5 Å². The number of ether oxygens (including phenoxy) is 2. The molecule has 12 heteroatoms. The maximum atomic E-state index is 13.7. The van der Waals surface area contributed by atoms with E-state index in [1.807, 2.05) is 30.3 Å². The number of methoxy groups -OCH3 is 1. The Bertz CT molecular complexity index is 1860. The number of benzene rings is 3. The van der Waals surface area contributed by atoms with Gasteiger partial charge in [0, 0.05) is 61.1 Å². The smallest absolute Gasteiger partial charge is 0.261 e. The van der Waals surface area contributed by atoms with Crippen LogP contribution in [0, 0.1) is 5.92 Å². The van der Waals surface area contributed by atoms with Gasteiger partial charge in [-0.2, -0.15) is 0 Å². The monoisotopic (exact) mass is 714 g/mol. The van der Waals surface area contributed by atoms with Crippen LogP contribution >= 0.6 is 11.6 Å². The highest BCUT2D eigenvalue weighted by Crippen LogP contribution is 2.41. The molecule has 5 rings (SSSR count). The number of unbranched alkanes of at least 4 members (excludes halogenated alkanes) is 1.